The molecule has 4 rings (SSSR count). The molecule has 0 radical (unpaired) electrons. The second-order valence-electron chi connectivity index (χ2n) is 7.57. The van der Waals surface area contributed by atoms with Crippen LogP contribution in [0.4, 0.5) is 5.00 Å². The Labute approximate surface area is 231 Å². The highest BCUT2D eigenvalue weighted by molar-refractivity contribution is 7.99. The largest absolute Gasteiger partial charge is 0.486 e. The number of nitrogens with one attached hydrogen (secondary N) is 1. The number of benzene rings is 2. The molecule has 0 bridgehead atoms. The number of rotatable bonds is 10. The van der Waals surface area contributed by atoms with Crippen molar-refractivity contribution in [2.24, 2.45) is 0 Å². The van der Waals surface area contributed by atoms with E-state index in [0.29, 0.717) is 49.4 Å². The fourth-order valence-electron chi connectivity index (χ4n) is 3.42. The minimum absolute atomic E-state index is 0.0744. The van der Waals surface area contributed by atoms with Crippen LogP contribution in [0, 0.1) is 0 Å². The van der Waals surface area contributed by atoms with Crippen LogP contribution in [-0.2, 0) is 22.7 Å². The van der Waals surface area contributed by atoms with Crippen LogP contribution in [-0.4, -0.2) is 39.5 Å². The summed E-state index contributed by atoms with van der Waals surface area (Å²) in [5.74, 6) is 0.554. The molecule has 1 amide bonds. The number of carbonyl (C=O) groups is 2. The van der Waals surface area contributed by atoms with E-state index < -0.39 is 5.97 Å². The zero-order chi connectivity index (χ0) is 26.4. The van der Waals surface area contributed by atoms with E-state index in [9.17, 15) is 9.59 Å². The van der Waals surface area contributed by atoms with Crippen LogP contribution in [0.25, 0.3) is 11.1 Å². The first kappa shape index (κ1) is 27.0. The lowest BCUT2D eigenvalue weighted by Gasteiger charge is -2.09. The number of carbonyl (C=O) groups excluding carboxylic acids is 2. The van der Waals surface area contributed by atoms with Crippen LogP contribution in [0.15, 0.2) is 59.1 Å². The summed E-state index contributed by atoms with van der Waals surface area (Å²) in [6, 6.07) is 14.2. The zero-order valence-corrected chi connectivity index (χ0v) is 23.0. The van der Waals surface area contributed by atoms with Crippen molar-refractivity contribution in [3.63, 3.8) is 0 Å². The SMILES string of the molecule is CCn1c(COc2ccc(Cl)cc2)nnc1SCC(=O)Nc1scc(-c2ccc(Cl)cc2)c1C(=O)OC. The van der Waals surface area contributed by atoms with E-state index in [0.717, 1.165) is 5.56 Å². The van der Waals surface area contributed by atoms with Crippen LogP contribution >= 0.6 is 46.3 Å². The van der Waals surface area contributed by atoms with Gasteiger partial charge in [0.25, 0.3) is 0 Å². The normalized spacial score (nSPS) is 10.8. The summed E-state index contributed by atoms with van der Waals surface area (Å²) in [7, 11) is 1.30. The molecular weight excluding hydrogens is 555 g/mol. The maximum Gasteiger partial charge on any atom is 0.341 e. The van der Waals surface area contributed by atoms with Gasteiger partial charge in [0.1, 0.15) is 22.9 Å². The summed E-state index contributed by atoms with van der Waals surface area (Å²) in [5, 5.41) is 15.3. The number of hydrogen-bond donors (Lipinski definition) is 1. The number of methoxy groups -OCH3 is 1. The lowest BCUT2D eigenvalue weighted by atomic mass is 10.0. The van der Waals surface area contributed by atoms with Gasteiger partial charge in [-0.15, -0.1) is 21.5 Å². The molecule has 1 N–H and O–H groups in total. The smallest absolute Gasteiger partial charge is 0.341 e. The molecule has 192 valence electrons. The molecule has 0 aliphatic rings. The van der Waals surface area contributed by atoms with E-state index in [2.05, 4.69) is 15.5 Å². The molecule has 0 saturated heterocycles. The van der Waals surface area contributed by atoms with Crippen LogP contribution in [0.3, 0.4) is 0 Å². The lowest BCUT2D eigenvalue weighted by molar-refractivity contribution is -0.113. The van der Waals surface area contributed by atoms with Crippen LogP contribution in [0.5, 0.6) is 5.75 Å². The monoisotopic (exact) mass is 576 g/mol. The van der Waals surface area contributed by atoms with Gasteiger partial charge in [0.05, 0.1) is 12.9 Å². The summed E-state index contributed by atoms with van der Waals surface area (Å²) >= 11 is 14.4. The molecule has 2 heterocycles. The lowest BCUT2D eigenvalue weighted by Crippen LogP contribution is -2.16. The molecule has 8 nitrogen and oxygen atoms in total. The third-order valence-electron chi connectivity index (χ3n) is 5.21. The van der Waals surface area contributed by atoms with Crippen molar-refractivity contribution in [1.82, 2.24) is 14.8 Å². The molecule has 4 aromatic rings. The highest BCUT2D eigenvalue weighted by atomic mass is 35.5. The summed E-state index contributed by atoms with van der Waals surface area (Å²) in [6.45, 7) is 2.80. The van der Waals surface area contributed by atoms with E-state index in [1.165, 1.54) is 30.2 Å². The molecule has 2 aromatic heterocycles. The molecule has 0 unspecified atom stereocenters. The fourth-order valence-corrected chi connectivity index (χ4v) is 5.46. The molecular formula is C25H22Cl2N4O4S2. The van der Waals surface area contributed by atoms with Crippen molar-refractivity contribution in [3.8, 4) is 16.9 Å². The molecule has 2 aromatic carbocycles. The van der Waals surface area contributed by atoms with Gasteiger partial charge in [0.2, 0.25) is 5.91 Å². The Morgan fingerprint density at radius 1 is 1.05 bits per heavy atom. The number of ether oxygens (including phenoxy) is 2. The number of aromatic nitrogens is 3. The number of anilines is 1. The van der Waals surface area contributed by atoms with Gasteiger partial charge in [0, 0.05) is 27.5 Å². The predicted octanol–water partition coefficient (Wildman–Crippen LogP) is 6.43. The highest BCUT2D eigenvalue weighted by Crippen LogP contribution is 2.36. The van der Waals surface area contributed by atoms with Gasteiger partial charge in [-0.2, -0.15) is 0 Å². The van der Waals surface area contributed by atoms with Crippen molar-refractivity contribution in [2.45, 2.75) is 25.2 Å². The van der Waals surface area contributed by atoms with E-state index in [1.807, 2.05) is 23.6 Å². The first-order valence-electron chi connectivity index (χ1n) is 11.1. The van der Waals surface area contributed by atoms with Gasteiger partial charge < -0.3 is 19.4 Å². The maximum atomic E-state index is 12.8. The number of amides is 1. The average molecular weight is 578 g/mol. The van der Waals surface area contributed by atoms with Crippen molar-refractivity contribution in [1.29, 1.82) is 0 Å². The molecule has 0 saturated carbocycles. The fraction of sp³-hybridized carbons (Fsp3) is 0.200. The maximum absolute atomic E-state index is 12.8. The average Bonchev–Trinajstić information content (AvgIpc) is 3.50. The van der Waals surface area contributed by atoms with Crippen molar-refractivity contribution in [2.75, 3.05) is 18.2 Å². The number of thiophene rings is 1. The van der Waals surface area contributed by atoms with Crippen molar-refractivity contribution in [3.05, 3.63) is 75.3 Å². The standard InChI is InChI=1S/C25H22Cl2N4O4S2/c1-3-31-20(12-35-18-10-8-17(27)9-11-18)29-30-25(31)37-14-21(32)28-23-22(24(33)34-2)19(13-36-23)15-4-6-16(26)7-5-15/h4-11,13H,3,12,14H2,1-2H3,(H,28,32). The predicted molar refractivity (Wildman–Crippen MR) is 147 cm³/mol. The van der Waals surface area contributed by atoms with Crippen LogP contribution in [0.2, 0.25) is 10.0 Å². The highest BCUT2D eigenvalue weighted by Gasteiger charge is 2.23. The molecule has 0 atom stereocenters. The van der Waals surface area contributed by atoms with Gasteiger partial charge in [0.15, 0.2) is 11.0 Å². The molecule has 0 aliphatic heterocycles. The Morgan fingerprint density at radius 2 is 1.73 bits per heavy atom. The van der Waals surface area contributed by atoms with Gasteiger partial charge in [-0.3, -0.25) is 4.79 Å². The summed E-state index contributed by atoms with van der Waals surface area (Å²) in [6.07, 6.45) is 0. The quantitative estimate of drug-likeness (QED) is 0.171. The topological polar surface area (TPSA) is 95.3 Å². The third kappa shape index (κ3) is 6.64. The zero-order valence-electron chi connectivity index (χ0n) is 19.9. The van der Waals surface area contributed by atoms with Crippen LogP contribution < -0.4 is 10.1 Å². The molecule has 0 spiro atoms. The number of hydrogen-bond acceptors (Lipinski definition) is 8. The van der Waals surface area contributed by atoms with Gasteiger partial charge in [-0.1, -0.05) is 47.1 Å². The van der Waals surface area contributed by atoms with E-state index in [-0.39, 0.29) is 18.3 Å². The Balaban J connectivity index is 1.42. The van der Waals surface area contributed by atoms with Crippen molar-refractivity contribution >= 4 is 63.2 Å². The Kier molecular flexibility index (Phi) is 9.09. The minimum atomic E-state index is -0.537. The molecule has 12 heteroatoms. The van der Waals surface area contributed by atoms with Gasteiger partial charge >= 0.3 is 5.97 Å². The number of esters is 1. The van der Waals surface area contributed by atoms with Gasteiger partial charge in [-0.05, 0) is 48.9 Å². The number of halogens is 2. The van der Waals surface area contributed by atoms with E-state index in [4.69, 9.17) is 32.7 Å². The summed E-state index contributed by atoms with van der Waals surface area (Å²) < 4.78 is 12.6. The Morgan fingerprint density at radius 3 is 2.38 bits per heavy atom. The minimum Gasteiger partial charge on any atom is -0.486 e. The van der Waals surface area contributed by atoms with Crippen LogP contribution in [0.1, 0.15) is 23.1 Å². The summed E-state index contributed by atoms with van der Waals surface area (Å²) in [5.41, 5.74) is 1.75. The first-order valence-corrected chi connectivity index (χ1v) is 13.7. The molecule has 0 aliphatic carbocycles. The van der Waals surface area contributed by atoms with E-state index >= 15 is 0 Å². The van der Waals surface area contributed by atoms with Crippen molar-refractivity contribution < 1.29 is 19.1 Å². The second kappa shape index (κ2) is 12.5. The third-order valence-corrected chi connectivity index (χ3v) is 7.58. The summed E-state index contributed by atoms with van der Waals surface area (Å²) in [4.78, 5) is 25.3. The Hall–Kier alpha value is -3.05. The Bertz CT molecular complexity index is 1390. The number of thioether (sulfide) groups is 1. The molecule has 0 fully saturated rings. The number of nitrogens with zero attached hydrogens (tertiary/aromatic N) is 3. The van der Waals surface area contributed by atoms with Gasteiger partial charge in [-0.25, -0.2) is 4.79 Å². The second-order valence-corrected chi connectivity index (χ2v) is 10.3. The first-order chi connectivity index (χ1) is 17.9. The molecule has 37 heavy (non-hydrogen) atoms. The van der Waals surface area contributed by atoms with E-state index in [1.54, 1.807) is 41.8 Å².